The highest BCUT2D eigenvalue weighted by atomic mass is 16.3. The van der Waals surface area contributed by atoms with E-state index in [4.69, 9.17) is 5.11 Å². The molecule has 0 aliphatic heterocycles. The van der Waals surface area contributed by atoms with Gasteiger partial charge in [-0.15, -0.1) is 0 Å². The maximum atomic E-state index is 8.71. The predicted octanol–water partition coefficient (Wildman–Crippen LogP) is 1.92. The Bertz CT molecular complexity index is 74.6. The van der Waals surface area contributed by atoms with Gasteiger partial charge in [0.15, 0.2) is 0 Å². The summed E-state index contributed by atoms with van der Waals surface area (Å²) in [6.45, 7) is 3.86. The van der Waals surface area contributed by atoms with E-state index in [0.717, 1.165) is 6.42 Å². The molecule has 1 heteroatoms. The van der Waals surface area contributed by atoms with Gasteiger partial charge in [0.2, 0.25) is 0 Å². The number of aliphatic hydroxyl groups excluding tert-OH is 1. The van der Waals surface area contributed by atoms with Crippen molar-refractivity contribution in [2.24, 2.45) is 0 Å². The molecule has 0 saturated carbocycles. The van der Waals surface area contributed by atoms with Crippen molar-refractivity contribution in [1.29, 1.82) is 0 Å². The van der Waals surface area contributed by atoms with E-state index >= 15 is 0 Å². The fourth-order valence-corrected chi connectivity index (χ4v) is 0.560. The zero-order valence-corrected chi connectivity index (χ0v) is 6.22. The largest absolute Gasteiger partial charge is 0.389 e. The van der Waals surface area contributed by atoms with Gasteiger partial charge in [-0.05, 0) is 19.4 Å². The second-order valence-electron chi connectivity index (χ2n) is 2.19. The molecule has 0 heterocycles. The normalized spacial score (nSPS) is 14.6. The topological polar surface area (TPSA) is 20.2 Å². The van der Waals surface area contributed by atoms with Crippen LogP contribution < -0.4 is 0 Å². The second-order valence-corrected chi connectivity index (χ2v) is 2.19. The Morgan fingerprint density at radius 1 is 1.67 bits per heavy atom. The van der Waals surface area contributed by atoms with Crippen LogP contribution in [0.3, 0.4) is 0 Å². The van der Waals surface area contributed by atoms with Gasteiger partial charge in [-0.2, -0.15) is 0 Å². The van der Waals surface area contributed by atoms with Gasteiger partial charge in [-0.3, -0.25) is 0 Å². The smallest absolute Gasteiger partial charge is 0.0762 e. The number of hydrogen-bond acceptors (Lipinski definition) is 1. The average Bonchev–Trinajstić information content (AvgIpc) is 1.80. The first-order valence-electron chi connectivity index (χ1n) is 3.53. The summed E-state index contributed by atoms with van der Waals surface area (Å²) in [5, 5.41) is 8.71. The fraction of sp³-hybridized carbons (Fsp3) is 0.750. The van der Waals surface area contributed by atoms with Crippen LogP contribution >= 0.6 is 0 Å². The van der Waals surface area contributed by atoms with Crippen molar-refractivity contribution in [2.45, 2.75) is 39.2 Å². The first-order valence-corrected chi connectivity index (χ1v) is 3.53. The van der Waals surface area contributed by atoms with E-state index in [-0.39, 0.29) is 0 Å². The standard InChI is InChI=1S/C8H15O/c1-3-4-5-6-7-8(2)9/h6,8-9H,3-5H2,1-2H3. The first kappa shape index (κ1) is 8.70. The minimum Gasteiger partial charge on any atom is -0.389 e. The molecule has 0 aromatic rings. The SMILES string of the molecule is CCCC/C=[C]\C(C)O. The van der Waals surface area contributed by atoms with E-state index in [2.05, 4.69) is 13.0 Å². The van der Waals surface area contributed by atoms with Crippen molar-refractivity contribution < 1.29 is 5.11 Å². The van der Waals surface area contributed by atoms with Crippen molar-refractivity contribution in [3.05, 3.63) is 12.2 Å². The van der Waals surface area contributed by atoms with E-state index in [1.807, 2.05) is 6.08 Å². The summed E-state index contributed by atoms with van der Waals surface area (Å²) >= 11 is 0. The third kappa shape index (κ3) is 7.70. The van der Waals surface area contributed by atoms with E-state index in [1.165, 1.54) is 12.8 Å². The molecule has 53 valence electrons. The maximum absolute atomic E-state index is 8.71. The number of hydrogen-bond donors (Lipinski definition) is 1. The summed E-state index contributed by atoms with van der Waals surface area (Å²) in [4.78, 5) is 0. The molecule has 0 rings (SSSR count). The highest BCUT2D eigenvalue weighted by Crippen LogP contribution is 1.94. The summed E-state index contributed by atoms with van der Waals surface area (Å²) < 4.78 is 0. The molecule has 0 aromatic heterocycles. The average molecular weight is 127 g/mol. The van der Waals surface area contributed by atoms with Crippen LogP contribution in [0, 0.1) is 6.08 Å². The zero-order chi connectivity index (χ0) is 7.11. The van der Waals surface area contributed by atoms with Crippen molar-refractivity contribution in [1.82, 2.24) is 0 Å². The molecule has 1 atom stereocenters. The zero-order valence-electron chi connectivity index (χ0n) is 6.22. The van der Waals surface area contributed by atoms with Gasteiger partial charge >= 0.3 is 0 Å². The third-order valence-electron chi connectivity index (χ3n) is 1.06. The molecule has 0 spiro atoms. The van der Waals surface area contributed by atoms with Crippen molar-refractivity contribution >= 4 is 0 Å². The van der Waals surface area contributed by atoms with Crippen LogP contribution in [0.25, 0.3) is 0 Å². The Kier molecular flexibility index (Phi) is 5.64. The summed E-state index contributed by atoms with van der Waals surface area (Å²) in [7, 11) is 0. The van der Waals surface area contributed by atoms with Gasteiger partial charge < -0.3 is 5.11 Å². The highest BCUT2D eigenvalue weighted by molar-refractivity contribution is 4.76. The monoisotopic (exact) mass is 127 g/mol. The second kappa shape index (κ2) is 5.83. The molecular formula is C8H15O. The molecule has 0 bridgehead atoms. The number of aliphatic hydroxyl groups is 1. The maximum Gasteiger partial charge on any atom is 0.0762 e. The third-order valence-corrected chi connectivity index (χ3v) is 1.06. The molecule has 0 aliphatic rings. The lowest BCUT2D eigenvalue weighted by atomic mass is 10.2. The molecule has 1 unspecified atom stereocenters. The van der Waals surface area contributed by atoms with Crippen LogP contribution in [0.1, 0.15) is 33.1 Å². The summed E-state index contributed by atoms with van der Waals surface area (Å²) in [5.74, 6) is 0. The van der Waals surface area contributed by atoms with E-state index in [9.17, 15) is 0 Å². The quantitative estimate of drug-likeness (QED) is 0.572. The van der Waals surface area contributed by atoms with Gasteiger partial charge in [0, 0.05) is 0 Å². The van der Waals surface area contributed by atoms with Crippen molar-refractivity contribution in [3.63, 3.8) is 0 Å². The van der Waals surface area contributed by atoms with Gasteiger partial charge in [-0.1, -0.05) is 25.8 Å². The minimum absolute atomic E-state index is 0.401. The molecule has 1 N–H and O–H groups in total. The molecule has 0 fully saturated rings. The summed E-state index contributed by atoms with van der Waals surface area (Å²) in [5.41, 5.74) is 0. The van der Waals surface area contributed by atoms with Gasteiger partial charge in [0.1, 0.15) is 0 Å². The Labute approximate surface area is 57.4 Å². The predicted molar refractivity (Wildman–Crippen MR) is 39.0 cm³/mol. The Hall–Kier alpha value is -0.300. The molecule has 0 amide bonds. The highest BCUT2D eigenvalue weighted by Gasteiger charge is 1.84. The van der Waals surface area contributed by atoms with Crippen LogP contribution in [-0.4, -0.2) is 11.2 Å². The first-order chi connectivity index (χ1) is 4.27. The number of allylic oxidation sites excluding steroid dienone is 1. The van der Waals surface area contributed by atoms with Crippen LogP contribution in [0.4, 0.5) is 0 Å². The van der Waals surface area contributed by atoms with Crippen LogP contribution in [-0.2, 0) is 0 Å². The molecule has 1 radical (unpaired) electrons. The number of unbranched alkanes of at least 4 members (excludes halogenated alkanes) is 2. The van der Waals surface area contributed by atoms with Gasteiger partial charge in [0.25, 0.3) is 0 Å². The summed E-state index contributed by atoms with van der Waals surface area (Å²) in [6, 6.07) is 0. The fourth-order valence-electron chi connectivity index (χ4n) is 0.560. The minimum atomic E-state index is -0.401. The van der Waals surface area contributed by atoms with Crippen LogP contribution in [0.2, 0.25) is 0 Å². The Morgan fingerprint density at radius 3 is 2.78 bits per heavy atom. The van der Waals surface area contributed by atoms with Crippen LogP contribution in [0.5, 0.6) is 0 Å². The van der Waals surface area contributed by atoms with Crippen molar-refractivity contribution in [2.75, 3.05) is 0 Å². The molecule has 0 saturated heterocycles. The molecule has 1 nitrogen and oxygen atoms in total. The molecule has 9 heavy (non-hydrogen) atoms. The van der Waals surface area contributed by atoms with Gasteiger partial charge in [0.05, 0.1) is 6.10 Å². The Balaban J connectivity index is 3.04. The van der Waals surface area contributed by atoms with E-state index in [1.54, 1.807) is 6.92 Å². The van der Waals surface area contributed by atoms with Crippen molar-refractivity contribution in [3.8, 4) is 0 Å². The Morgan fingerprint density at radius 2 is 2.33 bits per heavy atom. The number of rotatable bonds is 4. The van der Waals surface area contributed by atoms with Gasteiger partial charge in [-0.25, -0.2) is 0 Å². The van der Waals surface area contributed by atoms with E-state index < -0.39 is 6.10 Å². The lowest BCUT2D eigenvalue weighted by molar-refractivity contribution is 0.236. The molecule has 0 aromatic carbocycles. The molecular weight excluding hydrogens is 112 g/mol. The van der Waals surface area contributed by atoms with E-state index in [0.29, 0.717) is 0 Å². The lowest BCUT2D eigenvalue weighted by Gasteiger charge is -1.91. The summed E-state index contributed by atoms with van der Waals surface area (Å²) in [6.07, 6.45) is 7.76. The lowest BCUT2D eigenvalue weighted by Crippen LogP contribution is -1.92. The molecule has 0 aliphatic carbocycles. The van der Waals surface area contributed by atoms with Crippen LogP contribution in [0.15, 0.2) is 6.08 Å².